The highest BCUT2D eigenvalue weighted by Crippen LogP contribution is 2.28. The molecule has 1 N–H and O–H groups in total. The van der Waals surface area contributed by atoms with Crippen LogP contribution in [0.4, 0.5) is 11.4 Å². The molecule has 5 nitrogen and oxygen atoms in total. The molecule has 2 rings (SSSR count). The molecule has 0 aromatic heterocycles. The van der Waals surface area contributed by atoms with Gasteiger partial charge in [-0.2, -0.15) is 0 Å². The Balaban J connectivity index is 2.22. The lowest BCUT2D eigenvalue weighted by molar-refractivity contribution is -0.384. The molecule has 0 heterocycles. The molecule has 0 bridgehead atoms. The second kappa shape index (κ2) is 6.78. The van der Waals surface area contributed by atoms with Gasteiger partial charge in [0.2, 0.25) is 0 Å². The maximum absolute atomic E-state index is 10.8. The first-order valence-electron chi connectivity index (χ1n) is 6.01. The predicted octanol–water partition coefficient (Wildman–Crippen LogP) is 4.63. The van der Waals surface area contributed by atoms with Crippen molar-refractivity contribution >= 4 is 38.9 Å². The monoisotopic (exact) mass is 370 g/mol. The zero-order valence-electron chi connectivity index (χ0n) is 11.1. The molecule has 0 saturated carbocycles. The summed E-state index contributed by atoms with van der Waals surface area (Å²) in [5.41, 5.74) is 1.57. The molecule has 0 atom stereocenters. The van der Waals surface area contributed by atoms with Crippen LogP contribution in [0.2, 0.25) is 5.02 Å². The summed E-state index contributed by atoms with van der Waals surface area (Å²) in [6.45, 7) is 0.394. The van der Waals surface area contributed by atoms with E-state index in [9.17, 15) is 10.1 Å². The molecule has 21 heavy (non-hydrogen) atoms. The Kier molecular flexibility index (Phi) is 5.03. The van der Waals surface area contributed by atoms with E-state index in [1.807, 2.05) is 6.07 Å². The summed E-state index contributed by atoms with van der Waals surface area (Å²) in [5, 5.41) is 14.7. The van der Waals surface area contributed by atoms with Crippen molar-refractivity contribution in [1.82, 2.24) is 0 Å². The van der Waals surface area contributed by atoms with Crippen molar-refractivity contribution in [2.45, 2.75) is 6.54 Å². The summed E-state index contributed by atoms with van der Waals surface area (Å²) in [6, 6.07) is 9.87. The fourth-order valence-corrected chi connectivity index (χ4v) is 2.66. The van der Waals surface area contributed by atoms with Gasteiger partial charge in [0.25, 0.3) is 5.69 Å². The fourth-order valence-electron chi connectivity index (χ4n) is 1.84. The maximum atomic E-state index is 10.8. The summed E-state index contributed by atoms with van der Waals surface area (Å²) in [6.07, 6.45) is 0. The Bertz CT molecular complexity index is 679. The highest BCUT2D eigenvalue weighted by Gasteiger charge is 2.11. The molecule has 0 spiro atoms. The lowest BCUT2D eigenvalue weighted by Gasteiger charge is -2.12. The van der Waals surface area contributed by atoms with Gasteiger partial charge < -0.3 is 10.1 Å². The van der Waals surface area contributed by atoms with Gasteiger partial charge in [0.1, 0.15) is 5.75 Å². The number of methoxy groups -OCH3 is 1. The van der Waals surface area contributed by atoms with Gasteiger partial charge >= 0.3 is 0 Å². The van der Waals surface area contributed by atoms with Crippen molar-refractivity contribution in [3.8, 4) is 5.75 Å². The summed E-state index contributed by atoms with van der Waals surface area (Å²) in [7, 11) is 1.53. The van der Waals surface area contributed by atoms with Gasteiger partial charge in [0.05, 0.1) is 12.0 Å². The van der Waals surface area contributed by atoms with Gasteiger partial charge in [-0.1, -0.05) is 11.6 Å². The van der Waals surface area contributed by atoms with Crippen LogP contribution in [0.3, 0.4) is 0 Å². The number of non-ortho nitro benzene ring substituents is 1. The Hall–Kier alpha value is -1.79. The first kappa shape index (κ1) is 15.6. The summed E-state index contributed by atoms with van der Waals surface area (Å²) >= 11 is 9.29. The molecule has 7 heteroatoms. The number of nitrogens with zero attached hydrogens (tertiary/aromatic N) is 1. The Labute approximate surface area is 135 Å². The van der Waals surface area contributed by atoms with Crippen molar-refractivity contribution in [3.63, 3.8) is 0 Å². The molecule has 0 aliphatic carbocycles. The van der Waals surface area contributed by atoms with Gasteiger partial charge in [0.15, 0.2) is 0 Å². The minimum absolute atomic E-state index is 0.0303. The first-order valence-corrected chi connectivity index (χ1v) is 7.18. The topological polar surface area (TPSA) is 64.4 Å². The van der Waals surface area contributed by atoms with Crippen LogP contribution >= 0.6 is 27.5 Å². The molecular weight excluding hydrogens is 360 g/mol. The standard InChI is InChI=1S/C14H12BrClN2O3/c1-21-14-5-3-11(18(19)20)6-9(14)8-17-13-4-2-10(16)7-12(13)15/h2-7,17H,8H2,1H3. The third kappa shape index (κ3) is 3.86. The van der Waals surface area contributed by atoms with Gasteiger partial charge in [-0.15, -0.1) is 0 Å². The van der Waals surface area contributed by atoms with Crippen LogP contribution in [-0.4, -0.2) is 12.0 Å². The highest BCUT2D eigenvalue weighted by atomic mass is 79.9. The Morgan fingerprint density at radius 2 is 2.10 bits per heavy atom. The van der Waals surface area contributed by atoms with Crippen LogP contribution in [0, 0.1) is 10.1 Å². The van der Waals surface area contributed by atoms with Crippen molar-refractivity contribution in [2.75, 3.05) is 12.4 Å². The van der Waals surface area contributed by atoms with Crippen LogP contribution in [0.15, 0.2) is 40.9 Å². The average Bonchev–Trinajstić information content (AvgIpc) is 2.46. The second-order valence-electron chi connectivity index (χ2n) is 4.23. The largest absolute Gasteiger partial charge is 0.496 e. The van der Waals surface area contributed by atoms with Crippen LogP contribution < -0.4 is 10.1 Å². The fraction of sp³-hybridized carbons (Fsp3) is 0.143. The molecule has 0 aliphatic heterocycles. The normalized spacial score (nSPS) is 10.2. The van der Waals surface area contributed by atoms with Crippen molar-refractivity contribution in [2.24, 2.45) is 0 Å². The van der Waals surface area contributed by atoms with Crippen LogP contribution in [0.5, 0.6) is 5.75 Å². The summed E-state index contributed by atoms with van der Waals surface area (Å²) in [4.78, 5) is 10.4. The van der Waals surface area contributed by atoms with E-state index in [0.717, 1.165) is 10.2 Å². The molecule has 0 unspecified atom stereocenters. The molecule has 2 aromatic rings. The van der Waals surface area contributed by atoms with E-state index >= 15 is 0 Å². The number of hydrogen-bond acceptors (Lipinski definition) is 4. The van der Waals surface area contributed by atoms with Crippen LogP contribution in [0.25, 0.3) is 0 Å². The Morgan fingerprint density at radius 1 is 1.33 bits per heavy atom. The zero-order chi connectivity index (χ0) is 15.4. The van der Waals surface area contributed by atoms with E-state index in [4.69, 9.17) is 16.3 Å². The molecule has 0 fully saturated rings. The quantitative estimate of drug-likeness (QED) is 0.614. The van der Waals surface area contributed by atoms with Gasteiger partial charge in [0, 0.05) is 39.4 Å². The third-order valence-electron chi connectivity index (χ3n) is 2.88. The highest BCUT2D eigenvalue weighted by molar-refractivity contribution is 9.10. The van der Waals surface area contributed by atoms with Crippen LogP contribution in [-0.2, 0) is 6.54 Å². The van der Waals surface area contributed by atoms with E-state index in [0.29, 0.717) is 22.9 Å². The number of anilines is 1. The molecule has 2 aromatic carbocycles. The Morgan fingerprint density at radius 3 is 2.71 bits per heavy atom. The van der Waals surface area contributed by atoms with Crippen molar-refractivity contribution in [1.29, 1.82) is 0 Å². The minimum atomic E-state index is -0.429. The SMILES string of the molecule is COc1ccc([N+](=O)[O-])cc1CNc1ccc(Cl)cc1Br. The molecular formula is C14H12BrClN2O3. The minimum Gasteiger partial charge on any atom is -0.496 e. The van der Waals surface area contributed by atoms with Gasteiger partial charge in [-0.3, -0.25) is 10.1 Å². The molecule has 0 radical (unpaired) electrons. The number of benzene rings is 2. The summed E-state index contributed by atoms with van der Waals surface area (Å²) < 4.78 is 6.04. The number of nitro benzene ring substituents is 1. The first-order chi connectivity index (χ1) is 10.0. The van der Waals surface area contributed by atoms with E-state index in [1.54, 1.807) is 18.2 Å². The molecule has 0 saturated heterocycles. The van der Waals surface area contributed by atoms with Gasteiger partial charge in [-0.25, -0.2) is 0 Å². The predicted molar refractivity (Wildman–Crippen MR) is 86.1 cm³/mol. The lowest BCUT2D eigenvalue weighted by atomic mass is 10.1. The van der Waals surface area contributed by atoms with E-state index < -0.39 is 4.92 Å². The van der Waals surface area contributed by atoms with E-state index in [-0.39, 0.29) is 5.69 Å². The second-order valence-corrected chi connectivity index (χ2v) is 5.52. The molecule has 0 amide bonds. The maximum Gasteiger partial charge on any atom is 0.270 e. The smallest absolute Gasteiger partial charge is 0.270 e. The van der Waals surface area contributed by atoms with Gasteiger partial charge in [-0.05, 0) is 40.2 Å². The summed E-state index contributed by atoms with van der Waals surface area (Å²) in [5.74, 6) is 0.596. The van der Waals surface area contributed by atoms with Crippen LogP contribution in [0.1, 0.15) is 5.56 Å². The number of halogens is 2. The van der Waals surface area contributed by atoms with Crippen molar-refractivity contribution < 1.29 is 9.66 Å². The number of nitro groups is 1. The molecule has 110 valence electrons. The number of ether oxygens (including phenoxy) is 1. The number of hydrogen-bond donors (Lipinski definition) is 1. The molecule has 0 aliphatic rings. The van der Waals surface area contributed by atoms with E-state index in [1.165, 1.54) is 19.2 Å². The average molecular weight is 372 g/mol. The number of rotatable bonds is 5. The lowest BCUT2D eigenvalue weighted by Crippen LogP contribution is -2.03. The van der Waals surface area contributed by atoms with Crippen molar-refractivity contribution in [3.05, 3.63) is 61.6 Å². The van der Waals surface area contributed by atoms with E-state index in [2.05, 4.69) is 21.2 Å². The third-order valence-corrected chi connectivity index (χ3v) is 3.77. The number of nitrogens with one attached hydrogen (secondary N) is 1. The zero-order valence-corrected chi connectivity index (χ0v) is 13.4.